The Hall–Kier alpha value is -1.03. The Labute approximate surface area is 149 Å². The van der Waals surface area contributed by atoms with Gasteiger partial charge in [-0.2, -0.15) is 0 Å². The average molecular weight is 352 g/mol. The zero-order chi connectivity index (χ0) is 15.6. The second-order valence-corrected chi connectivity index (χ2v) is 7.51. The molecule has 23 heavy (non-hydrogen) atoms. The van der Waals surface area contributed by atoms with Crippen LogP contribution >= 0.6 is 23.7 Å². The molecule has 2 N–H and O–H groups in total. The third kappa shape index (κ3) is 3.90. The Balaban J connectivity index is 0.00000192. The SMILES string of the molecule is CCCC(C)(N[C@H]1CCc2c(O)cccc2C1)c1cccs1.Cl. The molecule has 0 amide bonds. The molecule has 126 valence electrons. The number of nitrogens with one attached hydrogen (secondary N) is 1. The minimum atomic E-state index is 0. The second kappa shape index (κ2) is 7.69. The predicted molar refractivity (Wildman–Crippen MR) is 101 cm³/mol. The Morgan fingerprint density at radius 2 is 2.13 bits per heavy atom. The number of hydrogen-bond acceptors (Lipinski definition) is 3. The van der Waals surface area contributed by atoms with Gasteiger partial charge in [0.25, 0.3) is 0 Å². The zero-order valence-electron chi connectivity index (χ0n) is 13.8. The van der Waals surface area contributed by atoms with Crippen molar-refractivity contribution in [3.05, 3.63) is 51.7 Å². The van der Waals surface area contributed by atoms with E-state index in [9.17, 15) is 5.11 Å². The minimum absolute atomic E-state index is 0. The van der Waals surface area contributed by atoms with Crippen molar-refractivity contribution < 1.29 is 5.11 Å². The molecule has 4 heteroatoms. The van der Waals surface area contributed by atoms with Gasteiger partial charge in [0, 0.05) is 10.9 Å². The van der Waals surface area contributed by atoms with Crippen molar-refractivity contribution in [2.24, 2.45) is 0 Å². The van der Waals surface area contributed by atoms with Crippen molar-refractivity contribution in [3.8, 4) is 5.75 Å². The van der Waals surface area contributed by atoms with E-state index in [1.54, 1.807) is 6.07 Å². The summed E-state index contributed by atoms with van der Waals surface area (Å²) in [5, 5.41) is 16.1. The lowest BCUT2D eigenvalue weighted by atomic mass is 9.85. The third-order valence-corrected chi connectivity index (χ3v) is 5.93. The van der Waals surface area contributed by atoms with Crippen LogP contribution in [0, 0.1) is 0 Å². The lowest BCUT2D eigenvalue weighted by Gasteiger charge is -2.37. The first kappa shape index (κ1) is 18.3. The fourth-order valence-electron chi connectivity index (χ4n) is 3.72. The van der Waals surface area contributed by atoms with Crippen LogP contribution in [0.4, 0.5) is 0 Å². The Kier molecular flexibility index (Phi) is 6.12. The van der Waals surface area contributed by atoms with E-state index in [4.69, 9.17) is 0 Å². The van der Waals surface area contributed by atoms with Gasteiger partial charge in [-0.1, -0.05) is 31.5 Å². The van der Waals surface area contributed by atoms with Crippen molar-refractivity contribution in [2.75, 3.05) is 0 Å². The standard InChI is InChI=1S/C19H25NOS.ClH/c1-3-11-19(2,18-8-5-12-22-18)20-15-9-10-16-14(13-15)6-4-7-17(16)21;/h4-8,12,15,20-21H,3,9-11,13H2,1-2H3;1H/t15-,19?;/m0./s1. The minimum Gasteiger partial charge on any atom is -0.508 e. The van der Waals surface area contributed by atoms with Gasteiger partial charge in [-0.3, -0.25) is 0 Å². The molecule has 3 rings (SSSR count). The zero-order valence-corrected chi connectivity index (χ0v) is 15.5. The van der Waals surface area contributed by atoms with E-state index in [0.717, 1.165) is 31.2 Å². The van der Waals surface area contributed by atoms with Crippen LogP contribution in [-0.2, 0) is 18.4 Å². The van der Waals surface area contributed by atoms with E-state index in [1.165, 1.54) is 16.9 Å². The van der Waals surface area contributed by atoms with Crippen LogP contribution < -0.4 is 5.32 Å². The average Bonchev–Trinajstić information content (AvgIpc) is 3.02. The molecule has 0 saturated heterocycles. The van der Waals surface area contributed by atoms with Gasteiger partial charge in [0.05, 0.1) is 5.54 Å². The van der Waals surface area contributed by atoms with E-state index < -0.39 is 0 Å². The van der Waals surface area contributed by atoms with Crippen LogP contribution in [0.15, 0.2) is 35.7 Å². The summed E-state index contributed by atoms with van der Waals surface area (Å²) >= 11 is 1.84. The topological polar surface area (TPSA) is 32.3 Å². The van der Waals surface area contributed by atoms with Crippen LogP contribution in [0.2, 0.25) is 0 Å². The lowest BCUT2D eigenvalue weighted by molar-refractivity contribution is 0.279. The van der Waals surface area contributed by atoms with E-state index in [0.29, 0.717) is 11.8 Å². The first-order valence-electron chi connectivity index (χ1n) is 8.24. The van der Waals surface area contributed by atoms with Crippen molar-refractivity contribution >= 4 is 23.7 Å². The highest BCUT2D eigenvalue weighted by molar-refractivity contribution is 7.10. The molecule has 1 aliphatic carbocycles. The van der Waals surface area contributed by atoms with Crippen LogP contribution in [0.3, 0.4) is 0 Å². The van der Waals surface area contributed by atoms with Gasteiger partial charge in [-0.15, -0.1) is 23.7 Å². The molecule has 2 atom stereocenters. The Bertz CT molecular complexity index is 628. The molecule has 1 aliphatic rings. The summed E-state index contributed by atoms with van der Waals surface area (Å²) in [6, 6.07) is 10.8. The monoisotopic (exact) mass is 351 g/mol. The van der Waals surface area contributed by atoms with Crippen LogP contribution in [0.5, 0.6) is 5.75 Å². The number of aromatic hydroxyl groups is 1. The molecule has 0 fully saturated rings. The van der Waals surface area contributed by atoms with Crippen LogP contribution in [-0.4, -0.2) is 11.1 Å². The number of benzene rings is 1. The summed E-state index contributed by atoms with van der Waals surface area (Å²) in [7, 11) is 0. The van der Waals surface area contributed by atoms with Gasteiger partial charge in [0.15, 0.2) is 0 Å². The van der Waals surface area contributed by atoms with Gasteiger partial charge >= 0.3 is 0 Å². The molecule has 0 saturated carbocycles. The van der Waals surface area contributed by atoms with Crippen molar-refractivity contribution in [1.29, 1.82) is 0 Å². The van der Waals surface area contributed by atoms with Crippen molar-refractivity contribution in [1.82, 2.24) is 5.32 Å². The van der Waals surface area contributed by atoms with Crippen molar-refractivity contribution in [3.63, 3.8) is 0 Å². The third-order valence-electron chi connectivity index (χ3n) is 4.80. The number of rotatable bonds is 5. The fraction of sp³-hybridized carbons (Fsp3) is 0.474. The number of halogens is 1. The highest BCUT2D eigenvalue weighted by Crippen LogP contribution is 2.34. The molecule has 0 aliphatic heterocycles. The highest BCUT2D eigenvalue weighted by Gasteiger charge is 2.31. The summed E-state index contributed by atoms with van der Waals surface area (Å²) in [6.07, 6.45) is 5.39. The molecule has 0 bridgehead atoms. The van der Waals surface area contributed by atoms with Crippen molar-refractivity contribution in [2.45, 2.75) is 57.5 Å². The van der Waals surface area contributed by atoms with Gasteiger partial charge in [0.2, 0.25) is 0 Å². The fourth-order valence-corrected chi connectivity index (χ4v) is 4.60. The molecular formula is C19H26ClNOS. The Morgan fingerprint density at radius 1 is 1.30 bits per heavy atom. The van der Waals surface area contributed by atoms with Crippen LogP contribution in [0.25, 0.3) is 0 Å². The molecule has 0 radical (unpaired) electrons. The van der Waals surface area contributed by atoms with Crippen LogP contribution in [0.1, 0.15) is 49.1 Å². The van der Waals surface area contributed by atoms with E-state index in [-0.39, 0.29) is 17.9 Å². The summed E-state index contributed by atoms with van der Waals surface area (Å²) in [4.78, 5) is 1.43. The molecular weight excluding hydrogens is 326 g/mol. The first-order chi connectivity index (χ1) is 10.6. The molecule has 1 aromatic carbocycles. The molecule has 1 unspecified atom stereocenters. The van der Waals surface area contributed by atoms with E-state index in [1.807, 2.05) is 17.4 Å². The first-order valence-corrected chi connectivity index (χ1v) is 9.12. The van der Waals surface area contributed by atoms with Gasteiger partial charge in [0.1, 0.15) is 5.75 Å². The number of phenolic OH excluding ortho intramolecular Hbond substituents is 1. The molecule has 1 heterocycles. The number of phenols is 1. The summed E-state index contributed by atoms with van der Waals surface area (Å²) in [5.41, 5.74) is 2.50. The maximum Gasteiger partial charge on any atom is 0.119 e. The summed E-state index contributed by atoms with van der Waals surface area (Å²) in [6.45, 7) is 4.59. The summed E-state index contributed by atoms with van der Waals surface area (Å²) < 4.78 is 0. The normalized spacial score (nSPS) is 19.5. The van der Waals surface area contributed by atoms with Gasteiger partial charge in [-0.25, -0.2) is 0 Å². The summed E-state index contributed by atoms with van der Waals surface area (Å²) in [5.74, 6) is 0.463. The molecule has 2 aromatic rings. The maximum atomic E-state index is 9.99. The van der Waals surface area contributed by atoms with Gasteiger partial charge in [-0.05, 0) is 61.2 Å². The number of fused-ring (bicyclic) bond motifs is 1. The lowest BCUT2D eigenvalue weighted by Crippen LogP contribution is -2.47. The second-order valence-electron chi connectivity index (χ2n) is 6.56. The highest BCUT2D eigenvalue weighted by atomic mass is 35.5. The molecule has 0 spiro atoms. The number of hydrogen-bond donors (Lipinski definition) is 2. The maximum absolute atomic E-state index is 9.99. The predicted octanol–water partition coefficient (Wildman–Crippen LogP) is 5.04. The quantitative estimate of drug-likeness (QED) is 0.791. The largest absolute Gasteiger partial charge is 0.508 e. The van der Waals surface area contributed by atoms with Gasteiger partial charge < -0.3 is 10.4 Å². The molecule has 1 aromatic heterocycles. The Morgan fingerprint density at radius 3 is 2.83 bits per heavy atom. The number of thiophene rings is 1. The molecule has 2 nitrogen and oxygen atoms in total. The van der Waals surface area contributed by atoms with E-state index in [2.05, 4.69) is 42.7 Å². The van der Waals surface area contributed by atoms with E-state index >= 15 is 0 Å². The smallest absolute Gasteiger partial charge is 0.119 e.